The van der Waals surface area contributed by atoms with E-state index in [0.29, 0.717) is 67.8 Å². The number of carboxylic acid groups (broad SMARTS) is 3. The van der Waals surface area contributed by atoms with Crippen LogP contribution in [0.1, 0.15) is 114 Å². The van der Waals surface area contributed by atoms with Crippen LogP contribution in [0.3, 0.4) is 0 Å². The third-order valence-corrected chi connectivity index (χ3v) is 33.7. The van der Waals surface area contributed by atoms with Gasteiger partial charge in [0.1, 0.15) is 46.9 Å². The molecule has 0 saturated carbocycles. The van der Waals surface area contributed by atoms with Gasteiger partial charge < -0.3 is 56.2 Å². The van der Waals surface area contributed by atoms with Crippen molar-refractivity contribution in [1.82, 2.24) is 54.7 Å². The fraction of sp³-hybridized carbons (Fsp3) is 0.430. The predicted octanol–water partition coefficient (Wildman–Crippen LogP) is 6.46. The molecule has 36 nitrogen and oxygen atoms in total. The average molecular weight is 1780 g/mol. The highest BCUT2D eigenvalue weighted by Crippen LogP contribution is 2.44. The second-order valence-corrected chi connectivity index (χ2v) is 44.8. The summed E-state index contributed by atoms with van der Waals surface area (Å²) in [6.07, 6.45) is 1.72. The molecule has 6 aromatic rings. The van der Waals surface area contributed by atoms with E-state index in [1.165, 1.54) is 66.8 Å². The summed E-state index contributed by atoms with van der Waals surface area (Å²) in [5.74, 6) is -12.3. The zero-order valence-electron chi connectivity index (χ0n) is 68.1. The normalized spacial score (nSPS) is 14.3. The molecule has 0 radical (unpaired) electrons. The van der Waals surface area contributed by atoms with Crippen LogP contribution in [0.15, 0.2) is 122 Å². The highest BCUT2D eigenvalue weighted by molar-refractivity contribution is 8.01. The number of carbonyl (C=O) groups excluding carboxylic acids is 7. The van der Waals surface area contributed by atoms with Gasteiger partial charge in [0.15, 0.2) is 38.7 Å². The number of carboxylic acids is 3. The molecule has 3 aliphatic rings. The van der Waals surface area contributed by atoms with Crippen LogP contribution in [-0.4, -0.2) is 215 Å². The lowest BCUT2D eigenvalue weighted by atomic mass is 9.93. The number of benzene rings is 4. The van der Waals surface area contributed by atoms with Crippen LogP contribution in [0.4, 0.5) is 17.3 Å². The van der Waals surface area contributed by atoms with E-state index in [4.69, 9.17) is 20.0 Å². The number of H-pyrrole nitrogens is 1. The number of nitrogens with one attached hydrogen (secondary N) is 5. The number of sulfonamides is 1. The molecule has 3 aromatic heterocycles. The Morgan fingerprint density at radius 1 is 0.769 bits per heavy atom. The first kappa shape index (κ1) is 94.3. The first-order valence-electron chi connectivity index (χ1n) is 39.2. The molecule has 4 amide bonds. The number of nitrogens with zero attached hydrogens (tertiary/aromatic N) is 8. The Labute approximate surface area is 708 Å². The van der Waals surface area contributed by atoms with Gasteiger partial charge in [0.25, 0.3) is 21.6 Å². The van der Waals surface area contributed by atoms with E-state index >= 15 is 0 Å². The summed E-state index contributed by atoms with van der Waals surface area (Å²) in [5, 5.41) is 38.9. The Morgan fingerprint density at radius 3 is 2.12 bits per heavy atom. The lowest BCUT2D eigenvalue weighted by Gasteiger charge is -2.33. The minimum absolute atomic E-state index is 0.0254. The smallest absolute Gasteiger partial charge is 0.326 e. The van der Waals surface area contributed by atoms with E-state index in [-0.39, 0.29) is 85.1 Å². The molecule has 0 bridgehead atoms. The summed E-state index contributed by atoms with van der Waals surface area (Å²) < 4.78 is 82.9. The minimum Gasteiger partial charge on any atom is -0.481 e. The lowest BCUT2D eigenvalue weighted by molar-refractivity contribution is -0.144. The van der Waals surface area contributed by atoms with E-state index in [9.17, 15) is 89.4 Å². The highest BCUT2D eigenvalue weighted by atomic mass is 32.2. The van der Waals surface area contributed by atoms with Gasteiger partial charge in [0.05, 0.1) is 65.5 Å². The molecule has 5 heterocycles. The lowest BCUT2D eigenvalue weighted by Crippen LogP contribution is -2.49. The van der Waals surface area contributed by atoms with Gasteiger partial charge in [0, 0.05) is 145 Å². The topological polar surface area (TPSA) is 549 Å². The number of aliphatic carboxylic acids is 3. The van der Waals surface area contributed by atoms with E-state index in [2.05, 4.69) is 86.2 Å². The van der Waals surface area contributed by atoms with Gasteiger partial charge in [-0.2, -0.15) is 13.4 Å². The molecular weight excluding hydrogens is 1680 g/mol. The largest absolute Gasteiger partial charge is 0.481 e. The molecule has 648 valence electrons. The average Bonchev–Trinajstić information content (AvgIpc) is 1.25. The number of amides is 4. The number of anilines is 3. The summed E-state index contributed by atoms with van der Waals surface area (Å²) in [4.78, 5) is 168. The maximum absolute atomic E-state index is 13.8. The number of carbonyl (C=O) groups is 10. The van der Waals surface area contributed by atoms with Crippen LogP contribution in [0.25, 0.3) is 44.6 Å². The monoisotopic (exact) mass is 1780 g/mol. The molecule has 5 atom stereocenters. The molecule has 121 heavy (non-hydrogen) atoms. The molecule has 13 N–H and O–H groups in total. The number of aromatic nitrogens is 6. The number of imide groups is 1. The number of aromatic amines is 1. The summed E-state index contributed by atoms with van der Waals surface area (Å²) in [7, 11) is -14.1. The fourth-order valence-electron chi connectivity index (χ4n) is 14.0. The quantitative estimate of drug-likeness (QED) is 0.00285. The Balaban J connectivity index is 0.683. The van der Waals surface area contributed by atoms with Crippen molar-refractivity contribution in [3.05, 3.63) is 130 Å². The number of hydrogen-bond donors (Lipinski definition) is 11. The molecule has 1 unspecified atom stereocenters. The Bertz CT molecular complexity index is 5560. The van der Waals surface area contributed by atoms with Crippen LogP contribution >= 0.6 is 23.5 Å². The minimum atomic E-state index is -5.03. The van der Waals surface area contributed by atoms with Crippen molar-refractivity contribution in [3.63, 3.8) is 0 Å². The summed E-state index contributed by atoms with van der Waals surface area (Å²) in [6, 6.07) is 18.1. The van der Waals surface area contributed by atoms with Gasteiger partial charge in [-0.1, -0.05) is 17.8 Å². The van der Waals surface area contributed by atoms with Crippen molar-refractivity contribution in [2.45, 2.75) is 170 Å². The van der Waals surface area contributed by atoms with Crippen molar-refractivity contribution in [3.8, 4) is 22.5 Å². The number of fused-ring (bicyclic) bond motifs is 3. The maximum atomic E-state index is 13.8. The van der Waals surface area contributed by atoms with Gasteiger partial charge in [0.2, 0.25) is 39.1 Å². The van der Waals surface area contributed by atoms with Crippen molar-refractivity contribution in [1.29, 1.82) is 0 Å². The number of nitrogens with two attached hydrogens (primary N) is 2. The molecule has 42 heteroatoms. The maximum Gasteiger partial charge on any atom is 0.326 e. The van der Waals surface area contributed by atoms with Crippen LogP contribution in [0.2, 0.25) is 32.2 Å². The summed E-state index contributed by atoms with van der Waals surface area (Å²) in [6.45, 7) is 18.5. The molecule has 3 aromatic carbocycles. The molecule has 1 aliphatic carbocycles. The first-order valence-corrected chi connectivity index (χ1v) is 50.4. The number of rotatable bonds is 47. The van der Waals surface area contributed by atoms with Crippen molar-refractivity contribution >= 4 is 159 Å². The fourth-order valence-corrected chi connectivity index (χ4v) is 27.5. The Kier molecular flexibility index (Phi) is 32.6. The van der Waals surface area contributed by atoms with Crippen molar-refractivity contribution in [2.24, 2.45) is 17.6 Å². The number of hydrogen-bond acceptors (Lipinski definition) is 28. The van der Waals surface area contributed by atoms with Gasteiger partial charge in [-0.25, -0.2) is 42.4 Å². The van der Waals surface area contributed by atoms with Crippen molar-refractivity contribution in [2.75, 3.05) is 66.3 Å². The van der Waals surface area contributed by atoms with Gasteiger partial charge in [-0.15, -0.1) is 11.8 Å². The van der Waals surface area contributed by atoms with Crippen LogP contribution in [-0.2, 0) is 80.5 Å². The third kappa shape index (κ3) is 25.8. The summed E-state index contributed by atoms with van der Waals surface area (Å²) >= 11 is 2.21. The molecule has 1 saturated heterocycles. The van der Waals surface area contributed by atoms with E-state index < -0.39 is 173 Å². The number of ketones is 3. The number of nitrogen functional groups attached to an aromatic ring is 1. The molecule has 1 fully saturated rings. The third-order valence-electron chi connectivity index (χ3n) is 20.2. The van der Waals surface area contributed by atoms with Crippen LogP contribution in [0.5, 0.6) is 0 Å². The van der Waals surface area contributed by atoms with Crippen LogP contribution in [0, 0.1) is 11.8 Å². The zero-order valence-corrected chi connectivity index (χ0v) is 73.3. The molecule has 0 spiro atoms. The predicted molar refractivity (Wildman–Crippen MR) is 458 cm³/mol. The molecule has 9 rings (SSSR count). The van der Waals surface area contributed by atoms with E-state index in [0.717, 1.165) is 60.0 Å². The van der Waals surface area contributed by atoms with Crippen LogP contribution < -0.4 is 52.5 Å². The van der Waals surface area contributed by atoms with Gasteiger partial charge in [-0.05, 0) is 134 Å². The SMILES string of the molecule is CCN(CC)c1ccc2c(-c3ccc(S(=O)(=O)NCCCC(=O)CCC[Si](C)(C)O[Si](C)(C)CSc4ncc(CN5C(=O)CC(SC[C@H](CC(=O)[C@H](CN)NC(=O)[C@H](CC(=O)O)CC(=O)CC[C@H](NC(=O)c6ccc(NCc7cnc8nc(N)[nH]c(=O)c8n7)cc6)C(=O)O)C(=O)O)C5=O)cn4)cc3S(=O)(=O)O)c3ccc(=[N+](CC)CC)cc-3oc2c1. The van der Waals surface area contributed by atoms with E-state index in [1.807, 2.05) is 64.1 Å². The second-order valence-electron chi connectivity index (χ2n) is 30.2. The highest BCUT2D eigenvalue weighted by Gasteiger charge is 2.41. The van der Waals surface area contributed by atoms with Gasteiger partial charge >= 0.3 is 17.9 Å². The van der Waals surface area contributed by atoms with Gasteiger partial charge in [-0.3, -0.25) is 62.4 Å². The summed E-state index contributed by atoms with van der Waals surface area (Å²) in [5.41, 5.74) is 14.6. The zero-order chi connectivity index (χ0) is 88.4. The molecular formula is C79H100N15O21S4Si2+. The number of thioether (sulfide) groups is 2. The second kappa shape index (κ2) is 41.8. The van der Waals surface area contributed by atoms with E-state index in [1.54, 1.807) is 0 Å². The standard InChI is InChI=1S/C79H99N15O21S4Si2/c1-9-92(10-2)52-21-25-57-63(34-52)114-64-35-53(93(11-3)12-4)22-26-58(64)69(57)59-27-24-56(36-66(59)119(111,112)113)118(109,110)86-29-13-15-54(95)16-14-30-120(5,6)115-121(7,8)45-117-79-84-39-46(40-85-79)43-94-67(98)37-65(75(94)104)116-44-49(76(105)106)32-62(97)61(38-80)89-73(102)48(33-68(99)100)31-55(96)23-28-60(77(107)108)88-72(101)47-17-19-50(20-18-47)82-41-51-42-83-71-70(87-51)74(103)91-78(81)90-71/h17-22,24-27,34-36,39-40,42,48-49,60-61,65,86H,9-16,23,28-33,37-38,41,43-45,80H2,1-8H3,(H9-,81,82,83,88,89,90,91,99,100,101,102,103,105,106,107,108,111,112,113)/p+1/t48-,49-,60-,61-,65?/m0/s1. The Morgan fingerprint density at radius 2 is 1.46 bits per heavy atom. The Hall–Kier alpha value is -10.6. The molecule has 2 aliphatic heterocycles. The first-order chi connectivity index (χ1) is 57.2. The number of likely N-dealkylation sites (tertiary alicyclic amines) is 1. The number of Topliss-reactive ketones (excluding diaryl/α,β-unsaturated/α-hetero) is 3. The van der Waals surface area contributed by atoms with Crippen molar-refractivity contribution < 1.29 is 93.2 Å².